The molecule has 1 aromatic rings. The molecule has 0 aromatic heterocycles. The lowest BCUT2D eigenvalue weighted by atomic mass is 9.75. The first-order valence-corrected chi connectivity index (χ1v) is 7.36. The fourth-order valence-corrected chi connectivity index (χ4v) is 3.35. The van der Waals surface area contributed by atoms with E-state index in [2.05, 4.69) is 0 Å². The molecule has 0 fully saturated rings. The summed E-state index contributed by atoms with van der Waals surface area (Å²) < 4.78 is 16.3. The van der Waals surface area contributed by atoms with Crippen LogP contribution in [0.25, 0.3) is 0 Å². The molecule has 3 rings (SSSR count). The highest BCUT2D eigenvalue weighted by Gasteiger charge is 2.59. The number of carbonyl (C=O) groups is 2. The number of carbonyl (C=O) groups excluding carboxylic acids is 2. The van der Waals surface area contributed by atoms with Crippen molar-refractivity contribution in [1.82, 2.24) is 0 Å². The number of phenolic OH excluding ortho intramolecular Hbond substituents is 1. The van der Waals surface area contributed by atoms with Gasteiger partial charge in [-0.25, -0.2) is 0 Å². The van der Waals surface area contributed by atoms with Crippen molar-refractivity contribution in [3.8, 4) is 17.2 Å². The SMILES string of the molecule is COC1=CC(=O)C[C@@H](C)[C@]12Oc1c(Cl)c(O)cc(OC)c1C2=O. The van der Waals surface area contributed by atoms with Crippen molar-refractivity contribution in [1.29, 1.82) is 0 Å². The minimum atomic E-state index is -1.48. The van der Waals surface area contributed by atoms with E-state index in [9.17, 15) is 14.7 Å². The lowest BCUT2D eigenvalue weighted by molar-refractivity contribution is -0.118. The zero-order valence-corrected chi connectivity index (χ0v) is 13.6. The topological polar surface area (TPSA) is 82.1 Å². The number of Topliss-reactive ketones (excluding diaryl/α,β-unsaturated/α-hetero) is 1. The van der Waals surface area contributed by atoms with Gasteiger partial charge in [-0.05, 0) is 0 Å². The standard InChI is InChI=1S/C16H15ClO6/c1-7-4-8(18)5-11(22-3)16(7)15(20)12-10(21-2)6-9(19)13(17)14(12)23-16/h5-7,19H,4H2,1-3H3/t7-,16+/m1/s1. The van der Waals surface area contributed by atoms with Crippen LogP contribution in [0.2, 0.25) is 5.02 Å². The first kappa shape index (κ1) is 15.7. The number of aromatic hydroxyl groups is 1. The second-order valence-corrected chi connectivity index (χ2v) is 5.95. The Balaban J connectivity index is 2.26. The molecule has 0 saturated heterocycles. The number of allylic oxidation sites excluding steroid dienone is 1. The van der Waals surface area contributed by atoms with Crippen LogP contribution in [0, 0.1) is 5.92 Å². The molecule has 1 aliphatic carbocycles. The molecule has 2 atom stereocenters. The quantitative estimate of drug-likeness (QED) is 0.892. The number of hydrogen-bond acceptors (Lipinski definition) is 6. The average molecular weight is 339 g/mol. The van der Waals surface area contributed by atoms with E-state index in [1.807, 2.05) is 0 Å². The lowest BCUT2D eigenvalue weighted by Gasteiger charge is -2.36. The molecule has 2 aliphatic rings. The number of halogens is 1. The van der Waals surface area contributed by atoms with Gasteiger partial charge in [-0.15, -0.1) is 0 Å². The van der Waals surface area contributed by atoms with Crippen LogP contribution < -0.4 is 9.47 Å². The molecule has 0 bridgehead atoms. The summed E-state index contributed by atoms with van der Waals surface area (Å²) in [7, 11) is 2.75. The minimum Gasteiger partial charge on any atom is -0.506 e. The molecule has 0 saturated carbocycles. The van der Waals surface area contributed by atoms with Crippen LogP contribution in [0.3, 0.4) is 0 Å². The van der Waals surface area contributed by atoms with Gasteiger partial charge in [0.25, 0.3) is 0 Å². The third-order valence-electron chi connectivity index (χ3n) is 4.29. The molecule has 23 heavy (non-hydrogen) atoms. The van der Waals surface area contributed by atoms with Crippen molar-refractivity contribution < 1.29 is 28.9 Å². The Morgan fingerprint density at radius 1 is 1.35 bits per heavy atom. The molecule has 1 aliphatic heterocycles. The predicted molar refractivity (Wildman–Crippen MR) is 81.2 cm³/mol. The van der Waals surface area contributed by atoms with Gasteiger partial charge in [0.2, 0.25) is 11.4 Å². The Morgan fingerprint density at radius 2 is 2.04 bits per heavy atom. The van der Waals surface area contributed by atoms with Gasteiger partial charge in [0.1, 0.15) is 22.1 Å². The zero-order valence-electron chi connectivity index (χ0n) is 12.8. The van der Waals surface area contributed by atoms with E-state index in [1.54, 1.807) is 6.92 Å². The van der Waals surface area contributed by atoms with E-state index in [0.29, 0.717) is 0 Å². The minimum absolute atomic E-state index is 0.0395. The van der Waals surface area contributed by atoms with Gasteiger partial charge in [0.05, 0.1) is 14.2 Å². The largest absolute Gasteiger partial charge is 0.506 e. The lowest BCUT2D eigenvalue weighted by Crippen LogP contribution is -2.51. The third-order valence-corrected chi connectivity index (χ3v) is 4.66. The molecule has 0 amide bonds. The summed E-state index contributed by atoms with van der Waals surface area (Å²) in [6.07, 6.45) is 1.41. The highest BCUT2D eigenvalue weighted by molar-refractivity contribution is 6.35. The number of ketones is 2. The average Bonchev–Trinajstić information content (AvgIpc) is 2.82. The molecule has 0 radical (unpaired) electrons. The Kier molecular flexibility index (Phi) is 3.52. The first-order chi connectivity index (χ1) is 10.9. The van der Waals surface area contributed by atoms with Gasteiger partial charge in [0, 0.05) is 24.5 Å². The normalized spacial score (nSPS) is 25.9. The van der Waals surface area contributed by atoms with E-state index < -0.39 is 17.3 Å². The van der Waals surface area contributed by atoms with Crippen molar-refractivity contribution in [2.45, 2.75) is 18.9 Å². The molecule has 7 heteroatoms. The number of methoxy groups -OCH3 is 2. The third kappa shape index (κ3) is 1.94. The van der Waals surface area contributed by atoms with Crippen LogP contribution in [-0.2, 0) is 9.53 Å². The van der Waals surface area contributed by atoms with Gasteiger partial charge in [-0.3, -0.25) is 9.59 Å². The van der Waals surface area contributed by atoms with E-state index in [4.69, 9.17) is 25.8 Å². The fourth-order valence-electron chi connectivity index (χ4n) is 3.16. The second kappa shape index (κ2) is 5.16. The van der Waals surface area contributed by atoms with Crippen molar-refractivity contribution >= 4 is 23.2 Å². The molecule has 1 spiro atoms. The number of fused-ring (bicyclic) bond motifs is 1. The van der Waals surface area contributed by atoms with E-state index in [1.165, 1.54) is 26.4 Å². The molecule has 1 aromatic carbocycles. The van der Waals surface area contributed by atoms with E-state index in [0.717, 1.165) is 0 Å². The van der Waals surface area contributed by atoms with Gasteiger partial charge >= 0.3 is 0 Å². The Morgan fingerprint density at radius 3 is 2.65 bits per heavy atom. The number of phenols is 1. The molecule has 1 heterocycles. The van der Waals surface area contributed by atoms with Crippen LogP contribution in [0.1, 0.15) is 23.7 Å². The van der Waals surface area contributed by atoms with Crippen LogP contribution in [0.15, 0.2) is 17.9 Å². The van der Waals surface area contributed by atoms with Gasteiger partial charge in [0.15, 0.2) is 17.3 Å². The van der Waals surface area contributed by atoms with Crippen LogP contribution >= 0.6 is 11.6 Å². The van der Waals surface area contributed by atoms with Crippen molar-refractivity contribution in [3.63, 3.8) is 0 Å². The number of ether oxygens (including phenoxy) is 3. The summed E-state index contributed by atoms with van der Waals surface area (Å²) in [6, 6.07) is 1.26. The maximum atomic E-state index is 13.1. The van der Waals surface area contributed by atoms with Crippen LogP contribution in [0.4, 0.5) is 0 Å². The van der Waals surface area contributed by atoms with Crippen LogP contribution in [0.5, 0.6) is 17.2 Å². The van der Waals surface area contributed by atoms with Crippen molar-refractivity contribution in [3.05, 3.63) is 28.5 Å². The van der Waals surface area contributed by atoms with E-state index >= 15 is 0 Å². The molecular formula is C16H15ClO6. The highest BCUT2D eigenvalue weighted by Crippen LogP contribution is 2.54. The monoisotopic (exact) mass is 338 g/mol. The summed E-state index contributed by atoms with van der Waals surface area (Å²) in [5, 5.41) is 9.82. The van der Waals surface area contributed by atoms with Gasteiger partial charge in [-0.2, -0.15) is 0 Å². The summed E-state index contributed by atoms with van der Waals surface area (Å²) in [5.41, 5.74) is -1.34. The fraction of sp³-hybridized carbons (Fsp3) is 0.375. The van der Waals surface area contributed by atoms with Crippen molar-refractivity contribution in [2.24, 2.45) is 5.92 Å². The van der Waals surface area contributed by atoms with E-state index in [-0.39, 0.29) is 45.8 Å². The predicted octanol–water partition coefficient (Wildman–Crippen LogP) is 2.51. The molecule has 1 N–H and O–H groups in total. The second-order valence-electron chi connectivity index (χ2n) is 5.57. The molecule has 0 unspecified atom stereocenters. The van der Waals surface area contributed by atoms with Gasteiger partial charge in [-0.1, -0.05) is 18.5 Å². The number of hydrogen-bond donors (Lipinski definition) is 1. The molecular weight excluding hydrogens is 324 g/mol. The summed E-state index contributed by atoms with van der Waals surface area (Å²) in [6.45, 7) is 1.73. The smallest absolute Gasteiger partial charge is 0.231 e. The molecule has 6 nitrogen and oxygen atoms in total. The number of benzene rings is 1. The Labute approximate surface area is 137 Å². The van der Waals surface area contributed by atoms with Gasteiger partial charge < -0.3 is 19.3 Å². The maximum Gasteiger partial charge on any atom is 0.231 e. The summed E-state index contributed by atoms with van der Waals surface area (Å²) in [4.78, 5) is 24.9. The number of rotatable bonds is 2. The Bertz CT molecular complexity index is 753. The first-order valence-electron chi connectivity index (χ1n) is 6.99. The van der Waals surface area contributed by atoms with Crippen molar-refractivity contribution in [2.75, 3.05) is 14.2 Å². The Hall–Kier alpha value is -2.21. The molecule has 122 valence electrons. The summed E-state index contributed by atoms with van der Waals surface area (Å²) in [5.74, 6) is -0.944. The maximum absolute atomic E-state index is 13.1. The summed E-state index contributed by atoms with van der Waals surface area (Å²) >= 11 is 6.09. The highest BCUT2D eigenvalue weighted by atomic mass is 35.5. The zero-order chi connectivity index (χ0) is 16.9. The van der Waals surface area contributed by atoms with Crippen LogP contribution in [-0.4, -0.2) is 36.5 Å².